The van der Waals surface area contributed by atoms with Crippen LogP contribution in [0.5, 0.6) is 0 Å². The molecule has 5 rings (SSSR count). The highest BCUT2D eigenvalue weighted by atomic mass is 16.1. The summed E-state index contributed by atoms with van der Waals surface area (Å²) in [6, 6.07) is 35.6. The van der Waals surface area contributed by atoms with E-state index in [-0.39, 0.29) is 5.56 Å². The van der Waals surface area contributed by atoms with Gasteiger partial charge in [-0.15, -0.1) is 0 Å². The average Bonchev–Trinajstić information content (AvgIpc) is 3.10. The monoisotopic (exact) mass is 417 g/mol. The number of anilines is 1. The van der Waals surface area contributed by atoms with E-state index in [1.54, 1.807) is 4.68 Å². The van der Waals surface area contributed by atoms with E-state index in [1.807, 2.05) is 121 Å². The predicted molar refractivity (Wildman–Crippen MR) is 132 cm³/mol. The van der Waals surface area contributed by atoms with Gasteiger partial charge in [0.15, 0.2) is 0 Å². The van der Waals surface area contributed by atoms with Crippen LogP contribution >= 0.6 is 0 Å². The molecule has 0 fully saturated rings. The molecule has 0 amide bonds. The van der Waals surface area contributed by atoms with Gasteiger partial charge in [0.1, 0.15) is 0 Å². The number of nitrogen functional groups attached to an aromatic ring is 1. The third-order valence-corrected chi connectivity index (χ3v) is 5.71. The molecule has 156 valence electrons. The van der Waals surface area contributed by atoms with Gasteiger partial charge in [0, 0.05) is 23.9 Å². The maximum atomic E-state index is 14.0. The average molecular weight is 418 g/mol. The molecule has 0 aliphatic heterocycles. The van der Waals surface area contributed by atoms with Gasteiger partial charge in [-0.05, 0) is 29.3 Å². The maximum Gasteiger partial charge on any atom is 0.279 e. The van der Waals surface area contributed by atoms with E-state index >= 15 is 0 Å². The molecule has 0 bridgehead atoms. The van der Waals surface area contributed by atoms with Crippen LogP contribution in [0, 0.1) is 0 Å². The van der Waals surface area contributed by atoms with Gasteiger partial charge >= 0.3 is 0 Å². The molecule has 0 unspecified atom stereocenters. The molecule has 0 saturated carbocycles. The van der Waals surface area contributed by atoms with Gasteiger partial charge in [-0.1, -0.05) is 91.0 Å². The number of rotatable bonds is 4. The standard InChI is InChI=1S/C28H23N3O/c1-30-27(21-13-6-3-7-14-21)26(20-11-4-2-5-12-20)28(32)31(30)25-18-9-8-17-24(25)22-15-10-16-23(29)19-22/h2-19H,29H2,1H3. The van der Waals surface area contributed by atoms with E-state index in [1.165, 1.54) is 0 Å². The first-order valence-corrected chi connectivity index (χ1v) is 10.5. The first-order chi connectivity index (χ1) is 15.6. The molecule has 0 aliphatic carbocycles. The topological polar surface area (TPSA) is 53.0 Å². The third kappa shape index (κ3) is 3.32. The molecule has 32 heavy (non-hydrogen) atoms. The van der Waals surface area contributed by atoms with Crippen molar-refractivity contribution in [3.8, 4) is 39.2 Å². The fourth-order valence-corrected chi connectivity index (χ4v) is 4.28. The molecule has 4 nitrogen and oxygen atoms in total. The Kier molecular flexibility index (Phi) is 4.96. The van der Waals surface area contributed by atoms with Crippen LogP contribution in [0.4, 0.5) is 5.69 Å². The van der Waals surface area contributed by atoms with Crippen molar-refractivity contribution >= 4 is 5.69 Å². The van der Waals surface area contributed by atoms with Gasteiger partial charge in [0.05, 0.1) is 16.9 Å². The summed E-state index contributed by atoms with van der Waals surface area (Å²) >= 11 is 0. The van der Waals surface area contributed by atoms with Crippen LogP contribution in [0.3, 0.4) is 0 Å². The molecule has 0 aliphatic rings. The number of nitrogens with zero attached hydrogens (tertiary/aromatic N) is 2. The summed E-state index contributed by atoms with van der Waals surface area (Å²) in [5.41, 5.74) is 12.8. The fraction of sp³-hybridized carbons (Fsp3) is 0.0357. The Morgan fingerprint density at radius 1 is 0.656 bits per heavy atom. The molecule has 0 radical (unpaired) electrons. The summed E-state index contributed by atoms with van der Waals surface area (Å²) in [6.07, 6.45) is 0. The van der Waals surface area contributed by atoms with Crippen molar-refractivity contribution in [2.45, 2.75) is 0 Å². The van der Waals surface area contributed by atoms with E-state index in [0.717, 1.165) is 33.6 Å². The lowest BCUT2D eigenvalue weighted by Gasteiger charge is -2.15. The molecule has 0 saturated heterocycles. The summed E-state index contributed by atoms with van der Waals surface area (Å²) in [6.45, 7) is 0. The molecular formula is C28H23N3O. The van der Waals surface area contributed by atoms with Crippen LogP contribution in [-0.2, 0) is 7.05 Å². The van der Waals surface area contributed by atoms with Gasteiger partial charge in [0.2, 0.25) is 0 Å². The molecule has 0 atom stereocenters. The van der Waals surface area contributed by atoms with Gasteiger partial charge in [-0.2, -0.15) is 0 Å². The van der Waals surface area contributed by atoms with Crippen molar-refractivity contribution in [2.75, 3.05) is 5.73 Å². The second-order valence-electron chi connectivity index (χ2n) is 7.74. The number of hydrogen-bond acceptors (Lipinski definition) is 2. The van der Waals surface area contributed by atoms with Crippen LogP contribution in [0.2, 0.25) is 0 Å². The number of nitrogens with two attached hydrogens (primary N) is 1. The summed E-state index contributed by atoms with van der Waals surface area (Å²) in [5.74, 6) is 0. The summed E-state index contributed by atoms with van der Waals surface area (Å²) in [7, 11) is 1.94. The number of aromatic nitrogens is 2. The van der Waals surface area contributed by atoms with E-state index in [0.29, 0.717) is 11.3 Å². The first kappa shape index (κ1) is 19.6. The lowest BCUT2D eigenvalue weighted by molar-refractivity contribution is 0.653. The van der Waals surface area contributed by atoms with Gasteiger partial charge in [-0.25, -0.2) is 4.68 Å². The molecule has 4 heteroatoms. The Hall–Kier alpha value is -4.31. The van der Waals surface area contributed by atoms with E-state index < -0.39 is 0 Å². The predicted octanol–water partition coefficient (Wildman–Crippen LogP) is 5.76. The highest BCUT2D eigenvalue weighted by molar-refractivity contribution is 5.82. The van der Waals surface area contributed by atoms with Crippen LogP contribution in [0.1, 0.15) is 0 Å². The Morgan fingerprint density at radius 2 is 1.25 bits per heavy atom. The molecule has 1 heterocycles. The Bertz CT molecular complexity index is 1450. The highest BCUT2D eigenvalue weighted by Crippen LogP contribution is 2.33. The quantitative estimate of drug-likeness (QED) is 0.378. The van der Waals surface area contributed by atoms with Gasteiger partial charge in [-0.3, -0.25) is 9.48 Å². The Balaban J connectivity index is 1.84. The smallest absolute Gasteiger partial charge is 0.279 e. The lowest BCUT2D eigenvalue weighted by atomic mass is 10.0. The third-order valence-electron chi connectivity index (χ3n) is 5.71. The van der Waals surface area contributed by atoms with E-state index in [2.05, 4.69) is 0 Å². The van der Waals surface area contributed by atoms with Crippen molar-refractivity contribution in [1.82, 2.24) is 9.36 Å². The van der Waals surface area contributed by atoms with E-state index in [4.69, 9.17) is 5.73 Å². The number of para-hydroxylation sites is 1. The minimum Gasteiger partial charge on any atom is -0.399 e. The Morgan fingerprint density at radius 3 is 1.94 bits per heavy atom. The highest BCUT2D eigenvalue weighted by Gasteiger charge is 2.23. The van der Waals surface area contributed by atoms with Crippen LogP contribution in [-0.4, -0.2) is 9.36 Å². The summed E-state index contributed by atoms with van der Waals surface area (Å²) < 4.78 is 3.70. The minimum atomic E-state index is -0.0612. The normalized spacial score (nSPS) is 10.9. The zero-order valence-electron chi connectivity index (χ0n) is 17.8. The number of hydrogen-bond donors (Lipinski definition) is 1. The summed E-state index contributed by atoms with van der Waals surface area (Å²) in [5, 5.41) is 0. The van der Waals surface area contributed by atoms with Crippen molar-refractivity contribution in [3.05, 3.63) is 120 Å². The molecule has 2 N–H and O–H groups in total. The first-order valence-electron chi connectivity index (χ1n) is 10.5. The van der Waals surface area contributed by atoms with Gasteiger partial charge in [0.25, 0.3) is 5.56 Å². The molecule has 4 aromatic carbocycles. The van der Waals surface area contributed by atoms with Crippen molar-refractivity contribution < 1.29 is 0 Å². The van der Waals surface area contributed by atoms with Crippen molar-refractivity contribution in [2.24, 2.45) is 7.05 Å². The van der Waals surface area contributed by atoms with Crippen LogP contribution in [0.25, 0.3) is 39.2 Å². The largest absolute Gasteiger partial charge is 0.399 e. The number of benzene rings is 4. The SMILES string of the molecule is Cn1c(-c2ccccc2)c(-c2ccccc2)c(=O)n1-c1ccccc1-c1cccc(N)c1. The van der Waals surface area contributed by atoms with Crippen molar-refractivity contribution in [1.29, 1.82) is 0 Å². The minimum absolute atomic E-state index is 0.0612. The second kappa shape index (κ2) is 8.08. The lowest BCUT2D eigenvalue weighted by Crippen LogP contribution is -2.20. The Labute approximate surface area is 186 Å². The molecule has 0 spiro atoms. The molecule has 1 aromatic heterocycles. The zero-order chi connectivity index (χ0) is 22.1. The van der Waals surface area contributed by atoms with Crippen molar-refractivity contribution in [3.63, 3.8) is 0 Å². The van der Waals surface area contributed by atoms with Crippen LogP contribution in [0.15, 0.2) is 114 Å². The van der Waals surface area contributed by atoms with Gasteiger partial charge < -0.3 is 5.73 Å². The maximum absolute atomic E-state index is 14.0. The van der Waals surface area contributed by atoms with E-state index in [9.17, 15) is 4.79 Å². The molecular weight excluding hydrogens is 394 g/mol. The van der Waals surface area contributed by atoms with Crippen LogP contribution < -0.4 is 11.3 Å². The second-order valence-corrected chi connectivity index (χ2v) is 7.74. The molecule has 5 aromatic rings. The fourth-order valence-electron chi connectivity index (χ4n) is 4.28. The zero-order valence-corrected chi connectivity index (χ0v) is 17.8. The summed E-state index contributed by atoms with van der Waals surface area (Å²) in [4.78, 5) is 14.0.